The van der Waals surface area contributed by atoms with Gasteiger partial charge in [0.1, 0.15) is 10.5 Å². The number of nitrogens with zero attached hydrogens (tertiary/aromatic N) is 4. The van der Waals surface area contributed by atoms with E-state index in [0.29, 0.717) is 22.3 Å². The summed E-state index contributed by atoms with van der Waals surface area (Å²) in [6.07, 6.45) is -7.16. The second-order valence-electron chi connectivity index (χ2n) is 7.22. The molecule has 0 fully saturated rings. The lowest BCUT2D eigenvalue weighted by atomic mass is 10.0. The fraction of sp³-hybridized carbons (Fsp3) is 0.150. The molecule has 4 rings (SSSR count). The largest absolute Gasteiger partial charge is 0.433 e. The Morgan fingerprint density at radius 1 is 0.943 bits per heavy atom. The highest BCUT2D eigenvalue weighted by molar-refractivity contribution is 7.88. The van der Waals surface area contributed by atoms with Crippen LogP contribution in [0.1, 0.15) is 16.8 Å². The maximum atomic E-state index is 13.5. The smallest absolute Gasteiger partial charge is 0.281 e. The van der Waals surface area contributed by atoms with Gasteiger partial charge >= 0.3 is 22.5 Å². The molecule has 0 radical (unpaired) electrons. The van der Waals surface area contributed by atoms with Gasteiger partial charge in [-0.1, -0.05) is 6.07 Å². The fourth-order valence-corrected chi connectivity index (χ4v) is 4.77. The monoisotopic (exact) mass is 534 g/mol. The minimum absolute atomic E-state index is 0.0149. The minimum Gasteiger partial charge on any atom is -0.281 e. The van der Waals surface area contributed by atoms with E-state index < -0.39 is 39.7 Å². The summed E-state index contributed by atoms with van der Waals surface area (Å²) in [5.74, 6) is -0.460. The normalized spacial score (nSPS) is 12.8. The average Bonchev–Trinajstić information content (AvgIpc) is 3.41. The Balaban J connectivity index is 1.79. The molecule has 0 aliphatic rings. The standard InChI is InChI=1S/C20H12F6N4O3S2/c1-10-6-11(2-3-12(10)19(21,22)23)13-7-16(20(24,25)26)29-18(28-13)30-8-14(27-9-30)15-4-5-17(34-15)35(31,32)33/h2-9H,1H3,(H,31,32,33). The fourth-order valence-electron chi connectivity index (χ4n) is 3.14. The van der Waals surface area contributed by atoms with Gasteiger partial charge in [0, 0.05) is 11.8 Å². The highest BCUT2D eigenvalue weighted by atomic mass is 32.3. The van der Waals surface area contributed by atoms with E-state index in [2.05, 4.69) is 15.0 Å². The molecule has 4 aromatic rings. The summed E-state index contributed by atoms with van der Waals surface area (Å²) in [5.41, 5.74) is -2.53. The summed E-state index contributed by atoms with van der Waals surface area (Å²) in [4.78, 5) is 11.9. The third-order valence-electron chi connectivity index (χ3n) is 4.73. The van der Waals surface area contributed by atoms with E-state index >= 15 is 0 Å². The number of thiophene rings is 1. The average molecular weight is 534 g/mol. The van der Waals surface area contributed by atoms with E-state index in [1.54, 1.807) is 0 Å². The van der Waals surface area contributed by atoms with Gasteiger partial charge in [-0.3, -0.25) is 9.12 Å². The van der Waals surface area contributed by atoms with Crippen LogP contribution < -0.4 is 0 Å². The zero-order valence-corrected chi connectivity index (χ0v) is 18.9. The van der Waals surface area contributed by atoms with Crippen LogP contribution in [0.5, 0.6) is 0 Å². The molecule has 1 aromatic carbocycles. The summed E-state index contributed by atoms with van der Waals surface area (Å²) in [7, 11) is -4.45. The molecule has 35 heavy (non-hydrogen) atoms. The van der Waals surface area contributed by atoms with Crippen molar-refractivity contribution in [3.8, 4) is 27.8 Å². The van der Waals surface area contributed by atoms with Crippen LogP contribution in [-0.2, 0) is 22.5 Å². The van der Waals surface area contributed by atoms with Crippen LogP contribution in [0, 0.1) is 6.92 Å². The SMILES string of the molecule is Cc1cc(-c2cc(C(F)(F)F)nc(-n3cnc(-c4ccc(S(=O)(=O)O)s4)c3)n2)ccc1C(F)(F)F. The molecule has 0 aliphatic carbocycles. The molecule has 0 spiro atoms. The van der Waals surface area contributed by atoms with Gasteiger partial charge in [0.25, 0.3) is 0 Å². The molecule has 0 saturated carbocycles. The number of rotatable bonds is 4. The molecule has 0 atom stereocenters. The quantitative estimate of drug-likeness (QED) is 0.268. The summed E-state index contributed by atoms with van der Waals surface area (Å²) in [6.45, 7) is 1.18. The molecule has 3 heterocycles. The first kappa shape index (κ1) is 24.8. The molecular weight excluding hydrogens is 522 g/mol. The number of alkyl halides is 6. The van der Waals surface area contributed by atoms with Gasteiger partial charge in [-0.15, -0.1) is 11.3 Å². The number of imidazole rings is 1. The first-order valence-electron chi connectivity index (χ1n) is 9.39. The zero-order chi connectivity index (χ0) is 25.8. The van der Waals surface area contributed by atoms with E-state index in [1.165, 1.54) is 19.2 Å². The Bertz CT molecular complexity index is 1520. The molecule has 0 unspecified atom stereocenters. The molecule has 0 bridgehead atoms. The summed E-state index contributed by atoms with van der Waals surface area (Å²) in [5, 5.41) is 0. The Hall–Kier alpha value is -3.30. The van der Waals surface area contributed by atoms with Crippen LogP contribution in [0.2, 0.25) is 0 Å². The van der Waals surface area contributed by atoms with Crippen LogP contribution in [-0.4, -0.2) is 32.5 Å². The van der Waals surface area contributed by atoms with Gasteiger partial charge in [0.05, 0.1) is 21.8 Å². The number of hydrogen-bond acceptors (Lipinski definition) is 6. The number of benzene rings is 1. The van der Waals surface area contributed by atoms with E-state index in [0.717, 1.165) is 35.2 Å². The number of aromatic nitrogens is 4. The first-order chi connectivity index (χ1) is 16.1. The molecule has 3 aromatic heterocycles. The second-order valence-corrected chi connectivity index (χ2v) is 9.96. The number of halogens is 6. The third kappa shape index (κ3) is 5.21. The lowest BCUT2D eigenvalue weighted by Gasteiger charge is -2.13. The van der Waals surface area contributed by atoms with Crippen molar-refractivity contribution in [2.75, 3.05) is 0 Å². The van der Waals surface area contributed by atoms with Crippen molar-refractivity contribution >= 4 is 21.5 Å². The summed E-state index contributed by atoms with van der Waals surface area (Å²) in [6, 6.07) is 5.98. The van der Waals surface area contributed by atoms with Gasteiger partial charge in [0.15, 0.2) is 5.69 Å². The summed E-state index contributed by atoms with van der Waals surface area (Å²) < 4.78 is 112. The molecule has 0 aliphatic heterocycles. The first-order valence-corrected chi connectivity index (χ1v) is 11.6. The molecule has 0 amide bonds. The molecule has 15 heteroatoms. The highest BCUT2D eigenvalue weighted by Gasteiger charge is 2.35. The minimum atomic E-state index is -4.88. The second kappa shape index (κ2) is 8.42. The lowest BCUT2D eigenvalue weighted by Crippen LogP contribution is -2.12. The Labute approximate surface area is 197 Å². The molecule has 1 N–H and O–H groups in total. The third-order valence-corrected chi connectivity index (χ3v) is 7.16. The molecule has 184 valence electrons. The van der Waals surface area contributed by atoms with Gasteiger partial charge in [-0.2, -0.15) is 34.8 Å². The zero-order valence-electron chi connectivity index (χ0n) is 17.3. The van der Waals surface area contributed by atoms with Crippen LogP contribution in [0.25, 0.3) is 27.8 Å². The van der Waals surface area contributed by atoms with Crippen molar-refractivity contribution < 1.29 is 39.3 Å². The van der Waals surface area contributed by atoms with Crippen LogP contribution in [0.3, 0.4) is 0 Å². The predicted octanol–water partition coefficient (Wildman–Crippen LogP) is 5.65. The molecular formula is C20H12F6N4O3S2. The van der Waals surface area contributed by atoms with Crippen molar-refractivity contribution in [3.05, 3.63) is 65.7 Å². The molecule has 7 nitrogen and oxygen atoms in total. The maximum Gasteiger partial charge on any atom is 0.433 e. The van der Waals surface area contributed by atoms with Gasteiger partial charge in [0.2, 0.25) is 5.95 Å². The van der Waals surface area contributed by atoms with Gasteiger partial charge < -0.3 is 0 Å². The Morgan fingerprint density at radius 3 is 2.23 bits per heavy atom. The summed E-state index contributed by atoms with van der Waals surface area (Å²) >= 11 is 0.687. The maximum absolute atomic E-state index is 13.5. The van der Waals surface area contributed by atoms with Crippen LogP contribution in [0.4, 0.5) is 26.3 Å². The van der Waals surface area contributed by atoms with Crippen molar-refractivity contribution in [1.82, 2.24) is 19.5 Å². The van der Waals surface area contributed by atoms with Crippen molar-refractivity contribution in [1.29, 1.82) is 0 Å². The van der Waals surface area contributed by atoms with Crippen molar-refractivity contribution in [3.63, 3.8) is 0 Å². The topological polar surface area (TPSA) is 98.0 Å². The molecule has 0 saturated heterocycles. The van der Waals surface area contributed by atoms with E-state index in [-0.39, 0.29) is 26.7 Å². The van der Waals surface area contributed by atoms with Crippen LogP contribution in [0.15, 0.2) is 53.1 Å². The predicted molar refractivity (Wildman–Crippen MR) is 112 cm³/mol. The van der Waals surface area contributed by atoms with Crippen molar-refractivity contribution in [2.24, 2.45) is 0 Å². The van der Waals surface area contributed by atoms with E-state index in [9.17, 15) is 34.8 Å². The lowest BCUT2D eigenvalue weighted by molar-refractivity contribution is -0.141. The van der Waals surface area contributed by atoms with E-state index in [4.69, 9.17) is 4.55 Å². The van der Waals surface area contributed by atoms with Gasteiger partial charge in [-0.25, -0.2) is 15.0 Å². The Morgan fingerprint density at radius 2 is 1.66 bits per heavy atom. The number of aryl methyl sites for hydroxylation is 1. The van der Waals surface area contributed by atoms with E-state index in [1.807, 2.05) is 0 Å². The van der Waals surface area contributed by atoms with Crippen molar-refractivity contribution in [2.45, 2.75) is 23.5 Å². The highest BCUT2D eigenvalue weighted by Crippen LogP contribution is 2.36. The Kier molecular flexibility index (Phi) is 5.97. The van der Waals surface area contributed by atoms with Crippen LogP contribution >= 0.6 is 11.3 Å². The van der Waals surface area contributed by atoms with Gasteiger partial charge in [-0.05, 0) is 42.8 Å². The number of hydrogen-bond donors (Lipinski definition) is 1.